The SMILES string of the molecule is COC(=O)C=C([O-])C([O-])=CC(=O)C(C)(C)C.[Na+].[Na+]. The third-order valence-corrected chi connectivity index (χ3v) is 1.69. The van der Waals surface area contributed by atoms with E-state index in [0.29, 0.717) is 12.2 Å². The minimum Gasteiger partial charge on any atom is -0.873 e. The number of carbonyl (C=O) groups is 2. The second-order valence-electron chi connectivity index (χ2n) is 4.15. The molecule has 0 aromatic carbocycles. The Morgan fingerprint density at radius 1 is 1.00 bits per heavy atom. The summed E-state index contributed by atoms with van der Waals surface area (Å²) >= 11 is 0. The maximum absolute atomic E-state index is 11.4. The van der Waals surface area contributed by atoms with Gasteiger partial charge in [0.25, 0.3) is 0 Å². The van der Waals surface area contributed by atoms with E-state index in [9.17, 15) is 19.8 Å². The van der Waals surface area contributed by atoms with E-state index in [1.165, 1.54) is 0 Å². The van der Waals surface area contributed by atoms with Gasteiger partial charge in [-0.1, -0.05) is 20.8 Å². The van der Waals surface area contributed by atoms with Crippen LogP contribution >= 0.6 is 0 Å². The number of rotatable bonds is 3. The minimum absolute atomic E-state index is 0. The molecule has 0 atom stereocenters. The molecule has 0 bridgehead atoms. The molecule has 0 aliphatic rings. The van der Waals surface area contributed by atoms with E-state index in [1.807, 2.05) is 0 Å². The molecule has 0 saturated carbocycles. The fraction of sp³-hybridized carbons (Fsp3) is 0.455. The van der Waals surface area contributed by atoms with Crippen molar-refractivity contribution in [2.45, 2.75) is 20.8 Å². The summed E-state index contributed by atoms with van der Waals surface area (Å²) in [6.07, 6.45) is 1.20. The van der Waals surface area contributed by atoms with Gasteiger partial charge in [0.15, 0.2) is 5.78 Å². The van der Waals surface area contributed by atoms with Gasteiger partial charge in [0.1, 0.15) is 0 Å². The molecule has 0 aromatic heterocycles. The van der Waals surface area contributed by atoms with Gasteiger partial charge in [-0.3, -0.25) is 4.79 Å². The molecule has 0 saturated heterocycles. The van der Waals surface area contributed by atoms with Crippen molar-refractivity contribution < 1.29 is 83.7 Å². The Kier molecular flexibility index (Phi) is 13.0. The molecule has 7 heteroatoms. The van der Waals surface area contributed by atoms with Gasteiger partial charge in [0, 0.05) is 11.5 Å². The number of allylic oxidation sites excluding steroid dienone is 1. The molecule has 0 aliphatic carbocycles. The van der Waals surface area contributed by atoms with Gasteiger partial charge >= 0.3 is 65.1 Å². The van der Waals surface area contributed by atoms with Gasteiger partial charge in [-0.05, 0) is 6.08 Å². The minimum atomic E-state index is -1.07. The molecule has 0 rings (SSSR count). The first-order chi connectivity index (χ1) is 7.18. The summed E-state index contributed by atoms with van der Waals surface area (Å²) in [5, 5.41) is 22.3. The normalized spacial score (nSPS) is 12.0. The Morgan fingerprint density at radius 2 is 1.39 bits per heavy atom. The van der Waals surface area contributed by atoms with Gasteiger partial charge in [0.2, 0.25) is 0 Å². The Hall–Kier alpha value is 0.220. The number of carbonyl (C=O) groups excluding carboxylic acids is 2. The molecule has 5 nitrogen and oxygen atoms in total. The number of hydrogen-bond donors (Lipinski definition) is 0. The first-order valence-corrected chi connectivity index (χ1v) is 4.58. The van der Waals surface area contributed by atoms with Crippen LogP contribution in [0.2, 0.25) is 0 Å². The fourth-order valence-corrected chi connectivity index (χ4v) is 0.644. The molecule has 0 aliphatic heterocycles. The van der Waals surface area contributed by atoms with Crippen molar-refractivity contribution in [1.29, 1.82) is 0 Å². The van der Waals surface area contributed by atoms with Crippen molar-refractivity contribution in [3.8, 4) is 0 Å². The first kappa shape index (κ1) is 23.3. The zero-order chi connectivity index (χ0) is 12.9. The van der Waals surface area contributed by atoms with Crippen molar-refractivity contribution in [2.75, 3.05) is 7.11 Å². The molecular formula is C11H14Na2O5. The summed E-state index contributed by atoms with van der Waals surface area (Å²) in [5.41, 5.74) is -0.735. The average Bonchev–Trinajstić information content (AvgIpc) is 2.15. The second kappa shape index (κ2) is 10.1. The predicted molar refractivity (Wildman–Crippen MR) is 52.6 cm³/mol. The van der Waals surface area contributed by atoms with Crippen LogP contribution in [-0.2, 0) is 14.3 Å². The topological polar surface area (TPSA) is 89.5 Å². The van der Waals surface area contributed by atoms with E-state index in [1.54, 1.807) is 20.8 Å². The molecule has 0 amide bonds. The van der Waals surface area contributed by atoms with Crippen LogP contribution in [0.4, 0.5) is 0 Å². The first-order valence-electron chi connectivity index (χ1n) is 4.58. The van der Waals surface area contributed by atoms with Crippen molar-refractivity contribution >= 4 is 11.8 Å². The van der Waals surface area contributed by atoms with Crippen LogP contribution in [0.25, 0.3) is 0 Å². The van der Waals surface area contributed by atoms with Crippen molar-refractivity contribution in [3.63, 3.8) is 0 Å². The van der Waals surface area contributed by atoms with Crippen molar-refractivity contribution in [3.05, 3.63) is 23.7 Å². The smallest absolute Gasteiger partial charge is 0.873 e. The quantitative estimate of drug-likeness (QED) is 0.167. The molecule has 0 heterocycles. The van der Waals surface area contributed by atoms with E-state index in [2.05, 4.69) is 4.74 Å². The number of ketones is 1. The summed E-state index contributed by atoms with van der Waals surface area (Å²) in [4.78, 5) is 22.0. The predicted octanol–water partition coefficient (Wildman–Crippen LogP) is -6.73. The van der Waals surface area contributed by atoms with Crippen molar-refractivity contribution in [1.82, 2.24) is 0 Å². The number of methoxy groups -OCH3 is 1. The summed E-state index contributed by atoms with van der Waals surface area (Å²) in [7, 11) is 1.08. The molecule has 0 unspecified atom stereocenters. The average molecular weight is 272 g/mol. The molecule has 0 fully saturated rings. The van der Waals surface area contributed by atoms with Crippen molar-refractivity contribution in [2.24, 2.45) is 5.41 Å². The van der Waals surface area contributed by atoms with Crippen LogP contribution in [0, 0.1) is 5.41 Å². The van der Waals surface area contributed by atoms with Gasteiger partial charge in [-0.25, -0.2) is 4.79 Å². The van der Waals surface area contributed by atoms with Gasteiger partial charge in [0.05, 0.1) is 7.11 Å². The van der Waals surface area contributed by atoms with Gasteiger partial charge in [-0.15, -0.1) is 11.5 Å². The summed E-state index contributed by atoms with van der Waals surface area (Å²) < 4.78 is 4.18. The van der Waals surface area contributed by atoms with Crippen LogP contribution in [-0.4, -0.2) is 18.9 Å². The molecular weight excluding hydrogens is 258 g/mol. The molecule has 0 radical (unpaired) electrons. The molecule has 0 spiro atoms. The Bertz CT molecular complexity index is 353. The fourth-order valence-electron chi connectivity index (χ4n) is 0.644. The maximum atomic E-state index is 11.4. The van der Waals surface area contributed by atoms with Crippen LogP contribution in [0.5, 0.6) is 0 Å². The maximum Gasteiger partial charge on any atom is 1.00 e. The molecule has 18 heavy (non-hydrogen) atoms. The number of esters is 1. The Morgan fingerprint density at radius 3 is 1.72 bits per heavy atom. The number of ether oxygens (including phenoxy) is 1. The van der Waals surface area contributed by atoms with Crippen LogP contribution < -0.4 is 69.3 Å². The zero-order valence-electron chi connectivity index (χ0n) is 11.7. The van der Waals surface area contributed by atoms with E-state index < -0.39 is 28.7 Å². The summed E-state index contributed by atoms with van der Waals surface area (Å²) in [6, 6.07) is 0. The molecule has 0 N–H and O–H groups in total. The van der Waals surface area contributed by atoms with Gasteiger partial charge < -0.3 is 14.9 Å². The standard InChI is InChI=1S/C11H16O5.2Na/c1-11(2,3)9(14)5-7(12)8(13)6-10(15)16-4;;/h5-6,12-13H,1-4H3;;/q;2*+1/p-2. The van der Waals surface area contributed by atoms with E-state index in [4.69, 9.17) is 0 Å². The Labute approximate surface area is 151 Å². The van der Waals surface area contributed by atoms with E-state index >= 15 is 0 Å². The monoisotopic (exact) mass is 272 g/mol. The van der Waals surface area contributed by atoms with Gasteiger partial charge in [-0.2, -0.15) is 0 Å². The molecule has 90 valence electrons. The zero-order valence-corrected chi connectivity index (χ0v) is 15.7. The second-order valence-corrected chi connectivity index (χ2v) is 4.15. The number of hydrogen-bond acceptors (Lipinski definition) is 5. The van der Waals surface area contributed by atoms with E-state index in [0.717, 1.165) is 7.11 Å². The third kappa shape index (κ3) is 9.19. The largest absolute Gasteiger partial charge is 1.00 e. The van der Waals surface area contributed by atoms with Crippen LogP contribution in [0.15, 0.2) is 23.7 Å². The van der Waals surface area contributed by atoms with Crippen LogP contribution in [0.3, 0.4) is 0 Å². The van der Waals surface area contributed by atoms with Crippen LogP contribution in [0.1, 0.15) is 20.8 Å². The summed E-state index contributed by atoms with van der Waals surface area (Å²) in [5.74, 6) is -3.48. The molecule has 0 aromatic rings. The van der Waals surface area contributed by atoms with E-state index in [-0.39, 0.29) is 59.1 Å². The third-order valence-electron chi connectivity index (χ3n) is 1.69. The Balaban J connectivity index is -0.00000112. The summed E-state index contributed by atoms with van der Waals surface area (Å²) in [6.45, 7) is 4.86.